The minimum atomic E-state index is -0.658. The van der Waals surface area contributed by atoms with E-state index in [0.717, 1.165) is 16.7 Å². The predicted octanol–water partition coefficient (Wildman–Crippen LogP) is 3.31. The second kappa shape index (κ2) is 4.72. The average molecular weight is 234 g/mol. The van der Waals surface area contributed by atoms with Crippen molar-refractivity contribution in [2.24, 2.45) is 0 Å². The summed E-state index contributed by atoms with van der Waals surface area (Å²) in [5.74, 6) is 0.424. The van der Waals surface area contributed by atoms with Crippen molar-refractivity contribution in [2.75, 3.05) is 0 Å². The van der Waals surface area contributed by atoms with Crippen LogP contribution in [0, 0.1) is 19.7 Å². The van der Waals surface area contributed by atoms with Crippen LogP contribution >= 0.6 is 0 Å². The predicted molar refractivity (Wildman–Crippen MR) is 63.2 cm³/mol. The zero-order valence-corrected chi connectivity index (χ0v) is 9.90. The van der Waals surface area contributed by atoms with Crippen LogP contribution in [0.5, 0.6) is 0 Å². The number of aliphatic hydroxyl groups excluding tert-OH is 1. The van der Waals surface area contributed by atoms with Gasteiger partial charge in [0, 0.05) is 12.0 Å². The third kappa shape index (κ3) is 2.56. The SMILES string of the molecule is Cc1ccc(F)cc1CC(O)c1ccoc1C. The number of furan rings is 1. The number of rotatable bonds is 3. The zero-order valence-electron chi connectivity index (χ0n) is 9.90. The Hall–Kier alpha value is -1.61. The smallest absolute Gasteiger partial charge is 0.123 e. The van der Waals surface area contributed by atoms with Crippen LogP contribution < -0.4 is 0 Å². The first-order chi connectivity index (χ1) is 8.08. The highest BCUT2D eigenvalue weighted by Gasteiger charge is 2.14. The molecule has 2 nitrogen and oxygen atoms in total. The average Bonchev–Trinajstić information content (AvgIpc) is 2.70. The van der Waals surface area contributed by atoms with Gasteiger partial charge in [0.05, 0.1) is 12.4 Å². The molecule has 1 N–H and O–H groups in total. The lowest BCUT2D eigenvalue weighted by atomic mass is 9.98. The minimum Gasteiger partial charge on any atom is -0.469 e. The van der Waals surface area contributed by atoms with Gasteiger partial charge in [-0.15, -0.1) is 0 Å². The molecule has 1 heterocycles. The molecular formula is C14H15FO2. The maximum Gasteiger partial charge on any atom is 0.123 e. The molecule has 0 aliphatic carbocycles. The van der Waals surface area contributed by atoms with E-state index in [4.69, 9.17) is 4.42 Å². The van der Waals surface area contributed by atoms with Crippen molar-refractivity contribution in [1.29, 1.82) is 0 Å². The first kappa shape index (κ1) is 11.9. The molecule has 1 aromatic carbocycles. The molecule has 3 heteroatoms. The molecule has 1 atom stereocenters. The van der Waals surface area contributed by atoms with Crippen LogP contribution in [-0.2, 0) is 6.42 Å². The first-order valence-electron chi connectivity index (χ1n) is 5.55. The van der Waals surface area contributed by atoms with Crippen molar-refractivity contribution in [2.45, 2.75) is 26.4 Å². The number of hydrogen-bond acceptors (Lipinski definition) is 2. The molecule has 2 aromatic rings. The molecule has 1 aromatic heterocycles. The van der Waals surface area contributed by atoms with Crippen LogP contribution in [0.2, 0.25) is 0 Å². The second-order valence-electron chi connectivity index (χ2n) is 4.22. The fraction of sp³-hybridized carbons (Fsp3) is 0.286. The van der Waals surface area contributed by atoms with E-state index in [9.17, 15) is 9.50 Å². The lowest BCUT2D eigenvalue weighted by Gasteiger charge is -2.12. The number of halogens is 1. The van der Waals surface area contributed by atoms with Gasteiger partial charge in [0.1, 0.15) is 11.6 Å². The molecule has 17 heavy (non-hydrogen) atoms. The Morgan fingerprint density at radius 1 is 1.29 bits per heavy atom. The highest BCUT2D eigenvalue weighted by Crippen LogP contribution is 2.24. The van der Waals surface area contributed by atoms with Gasteiger partial charge in [-0.05, 0) is 43.2 Å². The Balaban J connectivity index is 2.21. The van der Waals surface area contributed by atoms with Crippen molar-refractivity contribution in [3.8, 4) is 0 Å². The highest BCUT2D eigenvalue weighted by molar-refractivity contribution is 5.29. The molecule has 0 aliphatic heterocycles. The Morgan fingerprint density at radius 3 is 2.71 bits per heavy atom. The van der Waals surface area contributed by atoms with Gasteiger partial charge in [-0.1, -0.05) is 6.07 Å². The first-order valence-corrected chi connectivity index (χ1v) is 5.55. The normalized spacial score (nSPS) is 12.7. The fourth-order valence-electron chi connectivity index (χ4n) is 1.92. The molecule has 90 valence electrons. The Morgan fingerprint density at radius 2 is 2.06 bits per heavy atom. The summed E-state index contributed by atoms with van der Waals surface area (Å²) in [6, 6.07) is 6.36. The fourth-order valence-corrected chi connectivity index (χ4v) is 1.92. The van der Waals surface area contributed by atoms with Crippen molar-refractivity contribution >= 4 is 0 Å². The van der Waals surface area contributed by atoms with E-state index in [1.165, 1.54) is 12.1 Å². The molecule has 0 amide bonds. The maximum atomic E-state index is 13.1. The van der Waals surface area contributed by atoms with E-state index < -0.39 is 6.10 Å². The van der Waals surface area contributed by atoms with Crippen molar-refractivity contribution in [3.05, 3.63) is 58.8 Å². The summed E-state index contributed by atoms with van der Waals surface area (Å²) in [7, 11) is 0. The quantitative estimate of drug-likeness (QED) is 0.883. The molecule has 2 rings (SSSR count). The summed E-state index contributed by atoms with van der Waals surface area (Å²) in [6.07, 6.45) is 1.28. The van der Waals surface area contributed by atoms with E-state index in [2.05, 4.69) is 0 Å². The topological polar surface area (TPSA) is 33.4 Å². The monoisotopic (exact) mass is 234 g/mol. The van der Waals surface area contributed by atoms with Crippen molar-refractivity contribution in [1.82, 2.24) is 0 Å². The lowest BCUT2D eigenvalue weighted by molar-refractivity contribution is 0.176. The van der Waals surface area contributed by atoms with Gasteiger partial charge in [-0.25, -0.2) is 4.39 Å². The Labute approximate surface area is 99.7 Å². The summed E-state index contributed by atoms with van der Waals surface area (Å²) >= 11 is 0. The maximum absolute atomic E-state index is 13.1. The molecule has 1 unspecified atom stereocenters. The second-order valence-corrected chi connectivity index (χ2v) is 4.22. The third-order valence-corrected chi connectivity index (χ3v) is 2.98. The molecular weight excluding hydrogens is 219 g/mol. The highest BCUT2D eigenvalue weighted by atomic mass is 19.1. The van der Waals surface area contributed by atoms with E-state index >= 15 is 0 Å². The minimum absolute atomic E-state index is 0.276. The van der Waals surface area contributed by atoms with Gasteiger partial charge < -0.3 is 9.52 Å². The van der Waals surface area contributed by atoms with Crippen LogP contribution in [0.4, 0.5) is 4.39 Å². The number of benzene rings is 1. The molecule has 0 saturated heterocycles. The summed E-state index contributed by atoms with van der Waals surface area (Å²) in [4.78, 5) is 0. The number of aryl methyl sites for hydroxylation is 2. The van der Waals surface area contributed by atoms with Crippen LogP contribution in [0.25, 0.3) is 0 Å². The molecule has 0 aliphatic rings. The van der Waals surface area contributed by atoms with Crippen LogP contribution in [0.3, 0.4) is 0 Å². The van der Waals surface area contributed by atoms with Crippen LogP contribution in [0.15, 0.2) is 34.9 Å². The van der Waals surface area contributed by atoms with E-state index in [0.29, 0.717) is 12.2 Å². The largest absolute Gasteiger partial charge is 0.469 e. The van der Waals surface area contributed by atoms with Gasteiger partial charge in [-0.3, -0.25) is 0 Å². The van der Waals surface area contributed by atoms with Gasteiger partial charge in [0.25, 0.3) is 0 Å². The summed E-state index contributed by atoms with van der Waals surface area (Å²) < 4.78 is 18.3. The molecule has 0 spiro atoms. The molecule has 0 bridgehead atoms. The number of hydrogen-bond donors (Lipinski definition) is 1. The van der Waals surface area contributed by atoms with Crippen molar-refractivity contribution < 1.29 is 13.9 Å². The third-order valence-electron chi connectivity index (χ3n) is 2.98. The van der Waals surface area contributed by atoms with E-state index in [1.807, 2.05) is 6.92 Å². The van der Waals surface area contributed by atoms with Gasteiger partial charge in [0.2, 0.25) is 0 Å². The Kier molecular flexibility index (Phi) is 3.29. The molecule has 0 fully saturated rings. The van der Waals surface area contributed by atoms with Gasteiger partial charge in [-0.2, -0.15) is 0 Å². The zero-order chi connectivity index (χ0) is 12.4. The summed E-state index contributed by atoms with van der Waals surface area (Å²) in [5.41, 5.74) is 2.55. The van der Waals surface area contributed by atoms with E-state index in [1.54, 1.807) is 25.3 Å². The van der Waals surface area contributed by atoms with Crippen molar-refractivity contribution in [3.63, 3.8) is 0 Å². The van der Waals surface area contributed by atoms with Gasteiger partial charge >= 0.3 is 0 Å². The standard InChI is InChI=1S/C14H15FO2/c1-9-3-4-12(15)7-11(9)8-14(16)13-5-6-17-10(13)2/h3-7,14,16H,8H2,1-2H3. The Bertz CT molecular complexity index is 517. The number of aliphatic hydroxyl groups is 1. The molecule has 0 saturated carbocycles. The van der Waals surface area contributed by atoms with E-state index in [-0.39, 0.29) is 5.82 Å². The van der Waals surface area contributed by atoms with Crippen LogP contribution in [-0.4, -0.2) is 5.11 Å². The van der Waals surface area contributed by atoms with Crippen LogP contribution in [0.1, 0.15) is 28.6 Å². The lowest BCUT2D eigenvalue weighted by Crippen LogP contribution is -2.03. The summed E-state index contributed by atoms with van der Waals surface area (Å²) in [6.45, 7) is 3.71. The summed E-state index contributed by atoms with van der Waals surface area (Å²) in [5, 5.41) is 10.1. The van der Waals surface area contributed by atoms with Gasteiger partial charge in [0.15, 0.2) is 0 Å². The molecule has 0 radical (unpaired) electrons.